The summed E-state index contributed by atoms with van der Waals surface area (Å²) in [5.41, 5.74) is 2.19. The molecule has 0 saturated carbocycles. The van der Waals surface area contributed by atoms with Crippen molar-refractivity contribution in [1.29, 1.82) is 0 Å². The lowest BCUT2D eigenvalue weighted by atomic mass is 10.0. The maximum absolute atomic E-state index is 11.9. The highest BCUT2D eigenvalue weighted by Crippen LogP contribution is 2.19. The van der Waals surface area contributed by atoms with Gasteiger partial charge in [0.2, 0.25) is 0 Å². The fourth-order valence-corrected chi connectivity index (χ4v) is 1.75. The Bertz CT molecular complexity index is 365. The molecule has 1 aromatic rings. The van der Waals surface area contributed by atoms with Gasteiger partial charge in [-0.25, -0.2) is 0 Å². The van der Waals surface area contributed by atoms with Crippen LogP contribution in [0.4, 0.5) is 13.2 Å². The van der Waals surface area contributed by atoms with Gasteiger partial charge in [-0.15, -0.1) is 0 Å². The monoisotopic (exact) mass is 261 g/mol. The van der Waals surface area contributed by atoms with Crippen molar-refractivity contribution >= 4 is 0 Å². The number of ether oxygens (including phenoxy) is 1. The van der Waals surface area contributed by atoms with E-state index in [0.717, 1.165) is 11.1 Å². The van der Waals surface area contributed by atoms with Gasteiger partial charge < -0.3 is 10.1 Å². The highest BCUT2D eigenvalue weighted by molar-refractivity contribution is 5.24. The summed E-state index contributed by atoms with van der Waals surface area (Å²) in [7, 11) is 1.79. The van der Waals surface area contributed by atoms with Crippen LogP contribution < -0.4 is 5.32 Å². The molecule has 0 aliphatic heterocycles. The van der Waals surface area contributed by atoms with E-state index in [-0.39, 0.29) is 12.6 Å². The minimum Gasteiger partial charge on any atom is -0.372 e. The standard InChI is InChI=1S/C13H18F3NO/c1-10-4-3-5-11(8-10)12(17-2)6-7-18-9-13(14,15)16/h3-5,8,12,17H,6-7,9H2,1-2H3. The van der Waals surface area contributed by atoms with Crippen LogP contribution in [-0.4, -0.2) is 26.4 Å². The normalized spacial score (nSPS) is 13.6. The highest BCUT2D eigenvalue weighted by Gasteiger charge is 2.27. The molecule has 0 radical (unpaired) electrons. The van der Waals surface area contributed by atoms with Gasteiger partial charge in [0.25, 0.3) is 0 Å². The van der Waals surface area contributed by atoms with Crippen LogP contribution in [0.2, 0.25) is 0 Å². The van der Waals surface area contributed by atoms with Crippen LogP contribution in [0, 0.1) is 6.92 Å². The second kappa shape index (κ2) is 6.75. The van der Waals surface area contributed by atoms with E-state index >= 15 is 0 Å². The van der Waals surface area contributed by atoms with Crippen LogP contribution in [-0.2, 0) is 4.74 Å². The van der Waals surface area contributed by atoms with Crippen molar-refractivity contribution in [1.82, 2.24) is 5.32 Å². The zero-order chi connectivity index (χ0) is 13.6. The van der Waals surface area contributed by atoms with E-state index in [1.165, 1.54) is 0 Å². The molecule has 5 heteroatoms. The molecule has 1 atom stereocenters. The maximum atomic E-state index is 11.9. The molecule has 0 spiro atoms. The molecule has 1 N–H and O–H groups in total. The first-order valence-electron chi connectivity index (χ1n) is 5.80. The van der Waals surface area contributed by atoms with Crippen molar-refractivity contribution in [2.24, 2.45) is 0 Å². The van der Waals surface area contributed by atoms with Gasteiger partial charge >= 0.3 is 6.18 Å². The van der Waals surface area contributed by atoms with Gasteiger partial charge in [-0.2, -0.15) is 13.2 Å². The Morgan fingerprint density at radius 3 is 2.61 bits per heavy atom. The second-order valence-electron chi connectivity index (χ2n) is 4.21. The van der Waals surface area contributed by atoms with Crippen LogP contribution >= 0.6 is 0 Å². The first-order valence-corrected chi connectivity index (χ1v) is 5.80. The number of halogens is 3. The Morgan fingerprint density at radius 2 is 2.06 bits per heavy atom. The zero-order valence-corrected chi connectivity index (χ0v) is 10.6. The molecule has 0 fully saturated rings. The lowest BCUT2D eigenvalue weighted by molar-refractivity contribution is -0.174. The fraction of sp³-hybridized carbons (Fsp3) is 0.538. The smallest absolute Gasteiger partial charge is 0.372 e. The average Bonchev–Trinajstić information content (AvgIpc) is 2.27. The van der Waals surface area contributed by atoms with Gasteiger partial charge in [-0.1, -0.05) is 29.8 Å². The SMILES string of the molecule is CNC(CCOCC(F)(F)F)c1cccc(C)c1. The summed E-state index contributed by atoms with van der Waals surface area (Å²) in [4.78, 5) is 0. The lowest BCUT2D eigenvalue weighted by Crippen LogP contribution is -2.21. The molecular weight excluding hydrogens is 243 g/mol. The number of nitrogens with one attached hydrogen (secondary N) is 1. The Kier molecular flexibility index (Phi) is 5.62. The summed E-state index contributed by atoms with van der Waals surface area (Å²) in [6.07, 6.45) is -3.74. The molecular formula is C13H18F3NO. The van der Waals surface area contributed by atoms with Crippen molar-refractivity contribution in [2.75, 3.05) is 20.3 Å². The number of alkyl halides is 3. The maximum Gasteiger partial charge on any atom is 0.411 e. The first kappa shape index (κ1) is 15.0. The zero-order valence-electron chi connectivity index (χ0n) is 10.6. The molecule has 102 valence electrons. The molecule has 18 heavy (non-hydrogen) atoms. The van der Waals surface area contributed by atoms with Gasteiger partial charge in [0, 0.05) is 12.6 Å². The Labute approximate surface area is 105 Å². The summed E-state index contributed by atoms with van der Waals surface area (Å²) >= 11 is 0. The molecule has 0 amide bonds. The molecule has 0 saturated heterocycles. The Hall–Kier alpha value is -1.07. The van der Waals surface area contributed by atoms with E-state index in [2.05, 4.69) is 10.1 Å². The molecule has 1 rings (SSSR count). The van der Waals surface area contributed by atoms with E-state index in [4.69, 9.17) is 0 Å². The topological polar surface area (TPSA) is 21.3 Å². The molecule has 1 unspecified atom stereocenters. The molecule has 0 heterocycles. The predicted molar refractivity (Wildman–Crippen MR) is 64.5 cm³/mol. The third kappa shape index (κ3) is 5.51. The average molecular weight is 261 g/mol. The summed E-state index contributed by atoms with van der Waals surface area (Å²) in [6, 6.07) is 7.91. The van der Waals surface area contributed by atoms with Gasteiger partial charge in [0.15, 0.2) is 0 Å². The largest absolute Gasteiger partial charge is 0.411 e. The van der Waals surface area contributed by atoms with Crippen molar-refractivity contribution in [2.45, 2.75) is 25.6 Å². The lowest BCUT2D eigenvalue weighted by Gasteiger charge is -2.17. The molecule has 0 aromatic heterocycles. The summed E-state index contributed by atoms with van der Waals surface area (Å²) in [5, 5.41) is 3.08. The summed E-state index contributed by atoms with van der Waals surface area (Å²) in [6.45, 7) is 0.882. The van der Waals surface area contributed by atoms with Crippen molar-refractivity contribution in [3.8, 4) is 0 Å². The number of benzene rings is 1. The number of rotatable bonds is 6. The molecule has 0 bridgehead atoms. The van der Waals surface area contributed by atoms with Crippen LogP contribution in [0.1, 0.15) is 23.6 Å². The van der Waals surface area contributed by atoms with Crippen molar-refractivity contribution < 1.29 is 17.9 Å². The van der Waals surface area contributed by atoms with E-state index in [9.17, 15) is 13.2 Å². The fourth-order valence-electron chi connectivity index (χ4n) is 1.75. The van der Waals surface area contributed by atoms with Crippen LogP contribution in [0.15, 0.2) is 24.3 Å². The van der Waals surface area contributed by atoms with Crippen molar-refractivity contribution in [3.63, 3.8) is 0 Å². The quantitative estimate of drug-likeness (QED) is 0.794. The van der Waals surface area contributed by atoms with Gasteiger partial charge in [0.1, 0.15) is 6.61 Å². The highest BCUT2D eigenvalue weighted by atomic mass is 19.4. The molecule has 0 aliphatic rings. The van der Waals surface area contributed by atoms with E-state index in [1.807, 2.05) is 31.2 Å². The number of hydrogen-bond donors (Lipinski definition) is 1. The summed E-state index contributed by atoms with van der Waals surface area (Å²) < 4.78 is 40.3. The van der Waals surface area contributed by atoms with E-state index < -0.39 is 12.8 Å². The van der Waals surface area contributed by atoms with E-state index in [0.29, 0.717) is 6.42 Å². The number of hydrogen-bond acceptors (Lipinski definition) is 2. The van der Waals surface area contributed by atoms with Crippen LogP contribution in [0.5, 0.6) is 0 Å². The number of aryl methyl sites for hydroxylation is 1. The third-order valence-electron chi connectivity index (χ3n) is 2.61. The first-order chi connectivity index (χ1) is 8.42. The summed E-state index contributed by atoms with van der Waals surface area (Å²) in [5.74, 6) is 0. The second-order valence-corrected chi connectivity index (χ2v) is 4.21. The molecule has 0 aliphatic carbocycles. The van der Waals surface area contributed by atoms with Crippen molar-refractivity contribution in [3.05, 3.63) is 35.4 Å². The third-order valence-corrected chi connectivity index (χ3v) is 2.61. The van der Waals surface area contributed by atoms with Crippen LogP contribution in [0.25, 0.3) is 0 Å². The van der Waals surface area contributed by atoms with Gasteiger partial charge in [-0.05, 0) is 26.0 Å². The van der Waals surface area contributed by atoms with E-state index in [1.54, 1.807) is 7.05 Å². The Balaban J connectivity index is 2.43. The van der Waals surface area contributed by atoms with Crippen LogP contribution in [0.3, 0.4) is 0 Å². The molecule has 1 aromatic carbocycles. The Morgan fingerprint density at radius 1 is 1.33 bits per heavy atom. The minimum atomic E-state index is -4.25. The molecule has 2 nitrogen and oxygen atoms in total. The van der Waals surface area contributed by atoms with Gasteiger partial charge in [-0.3, -0.25) is 0 Å². The van der Waals surface area contributed by atoms with Gasteiger partial charge in [0.05, 0.1) is 0 Å². The predicted octanol–water partition coefficient (Wildman–Crippen LogP) is 3.22. The minimum absolute atomic E-state index is 0.0122.